The summed E-state index contributed by atoms with van der Waals surface area (Å²) in [5.74, 6) is 0.735. The Morgan fingerprint density at radius 1 is 0.929 bits per heavy atom. The number of carbonyl (C=O) groups is 2. The van der Waals surface area contributed by atoms with Gasteiger partial charge in [0.05, 0.1) is 13.1 Å². The fourth-order valence-electron chi connectivity index (χ4n) is 3.97. The van der Waals surface area contributed by atoms with Gasteiger partial charge in [-0.1, -0.05) is 57.4 Å². The van der Waals surface area contributed by atoms with Crippen LogP contribution >= 0.6 is 0 Å². The van der Waals surface area contributed by atoms with Crippen molar-refractivity contribution in [3.8, 4) is 0 Å². The summed E-state index contributed by atoms with van der Waals surface area (Å²) < 4.78 is 0. The Morgan fingerprint density at radius 2 is 1.57 bits per heavy atom. The van der Waals surface area contributed by atoms with Crippen molar-refractivity contribution in [2.75, 3.05) is 13.1 Å². The molecule has 5 nitrogen and oxygen atoms in total. The minimum Gasteiger partial charge on any atom is -0.352 e. The molecule has 1 aromatic rings. The monoisotopic (exact) mass is 387 g/mol. The minimum absolute atomic E-state index is 0.0150. The summed E-state index contributed by atoms with van der Waals surface area (Å²) in [4.78, 5) is 23.7. The molecule has 1 aliphatic rings. The molecule has 0 radical (unpaired) electrons. The molecule has 1 fully saturated rings. The predicted molar refractivity (Wildman–Crippen MR) is 114 cm³/mol. The van der Waals surface area contributed by atoms with Crippen LogP contribution in [0, 0.1) is 5.92 Å². The molecule has 0 saturated heterocycles. The van der Waals surface area contributed by atoms with Gasteiger partial charge in [-0.3, -0.25) is 9.59 Å². The van der Waals surface area contributed by atoms with E-state index in [0.29, 0.717) is 11.8 Å². The Morgan fingerprint density at radius 3 is 2.14 bits per heavy atom. The first-order valence-corrected chi connectivity index (χ1v) is 10.8. The van der Waals surface area contributed by atoms with E-state index >= 15 is 0 Å². The molecule has 0 aliphatic heterocycles. The van der Waals surface area contributed by atoms with Gasteiger partial charge in [0.1, 0.15) is 0 Å². The zero-order valence-electron chi connectivity index (χ0n) is 17.9. The highest BCUT2D eigenvalue weighted by Crippen LogP contribution is 2.33. The first-order valence-electron chi connectivity index (χ1n) is 10.8. The third-order valence-electron chi connectivity index (χ3n) is 5.42. The molecule has 0 aromatic heterocycles. The maximum absolute atomic E-state index is 12.1. The topological polar surface area (TPSA) is 70.2 Å². The second kappa shape index (κ2) is 11.2. The van der Waals surface area contributed by atoms with Crippen LogP contribution in [0.2, 0.25) is 0 Å². The van der Waals surface area contributed by atoms with Crippen molar-refractivity contribution in [3.63, 3.8) is 0 Å². The predicted octanol–water partition coefficient (Wildman–Crippen LogP) is 3.66. The van der Waals surface area contributed by atoms with Crippen LogP contribution in [-0.4, -0.2) is 30.9 Å². The van der Waals surface area contributed by atoms with Gasteiger partial charge in [-0.25, -0.2) is 0 Å². The number of hydrogen-bond donors (Lipinski definition) is 3. The molecular weight excluding hydrogens is 350 g/mol. The van der Waals surface area contributed by atoms with Gasteiger partial charge in [-0.15, -0.1) is 0 Å². The maximum atomic E-state index is 12.1. The molecule has 5 heteroatoms. The van der Waals surface area contributed by atoms with Gasteiger partial charge in [0, 0.05) is 12.1 Å². The Kier molecular flexibility index (Phi) is 8.97. The molecule has 0 bridgehead atoms. The smallest absolute Gasteiger partial charge is 0.239 e. The third kappa shape index (κ3) is 7.27. The number of hydrogen-bond acceptors (Lipinski definition) is 3. The van der Waals surface area contributed by atoms with Gasteiger partial charge in [-0.05, 0) is 49.7 Å². The Labute approximate surface area is 170 Å². The van der Waals surface area contributed by atoms with Crippen molar-refractivity contribution >= 4 is 11.8 Å². The summed E-state index contributed by atoms with van der Waals surface area (Å²) in [6, 6.07) is 9.11. The highest BCUT2D eigenvalue weighted by atomic mass is 16.2. The van der Waals surface area contributed by atoms with Crippen LogP contribution in [0.5, 0.6) is 0 Å². The summed E-state index contributed by atoms with van der Waals surface area (Å²) >= 11 is 0. The van der Waals surface area contributed by atoms with Crippen LogP contribution in [0.3, 0.4) is 0 Å². The average molecular weight is 388 g/mol. The second-order valence-electron chi connectivity index (χ2n) is 8.60. The average Bonchev–Trinajstić information content (AvgIpc) is 2.67. The second-order valence-corrected chi connectivity index (χ2v) is 8.60. The molecule has 0 unspecified atom stereocenters. The Balaban J connectivity index is 1.86. The van der Waals surface area contributed by atoms with Crippen molar-refractivity contribution in [2.24, 2.45) is 5.92 Å². The van der Waals surface area contributed by atoms with Crippen molar-refractivity contribution in [1.29, 1.82) is 0 Å². The minimum atomic E-state index is -0.165. The SMILES string of the molecule is CC(C)NC(=O)CNC(=O)CN[C@@H](c1ccc(C2CCCCC2)cc1)C(C)C. The van der Waals surface area contributed by atoms with Gasteiger partial charge in [-0.2, -0.15) is 0 Å². The van der Waals surface area contributed by atoms with E-state index in [-0.39, 0.29) is 37.0 Å². The molecule has 28 heavy (non-hydrogen) atoms. The maximum Gasteiger partial charge on any atom is 0.239 e. The number of amides is 2. The van der Waals surface area contributed by atoms with Crippen molar-refractivity contribution in [2.45, 2.75) is 77.8 Å². The van der Waals surface area contributed by atoms with Gasteiger partial charge in [0.25, 0.3) is 0 Å². The van der Waals surface area contributed by atoms with Crippen LogP contribution in [0.4, 0.5) is 0 Å². The highest BCUT2D eigenvalue weighted by Gasteiger charge is 2.19. The molecule has 0 spiro atoms. The molecule has 156 valence electrons. The van der Waals surface area contributed by atoms with E-state index < -0.39 is 0 Å². The molecule has 1 saturated carbocycles. The van der Waals surface area contributed by atoms with E-state index in [0.717, 1.165) is 0 Å². The molecule has 1 aliphatic carbocycles. The van der Waals surface area contributed by atoms with Crippen LogP contribution in [0.25, 0.3) is 0 Å². The van der Waals surface area contributed by atoms with Gasteiger partial charge >= 0.3 is 0 Å². The van der Waals surface area contributed by atoms with Gasteiger partial charge in [0.2, 0.25) is 11.8 Å². The Hall–Kier alpha value is -1.88. The van der Waals surface area contributed by atoms with Crippen LogP contribution in [-0.2, 0) is 9.59 Å². The lowest BCUT2D eigenvalue weighted by Gasteiger charge is -2.25. The first kappa shape index (κ1) is 22.4. The van der Waals surface area contributed by atoms with Crippen LogP contribution in [0.15, 0.2) is 24.3 Å². The zero-order valence-corrected chi connectivity index (χ0v) is 17.9. The lowest BCUT2D eigenvalue weighted by Crippen LogP contribution is -2.43. The number of carbonyl (C=O) groups excluding carboxylic acids is 2. The van der Waals surface area contributed by atoms with E-state index in [9.17, 15) is 9.59 Å². The van der Waals surface area contributed by atoms with Crippen molar-refractivity contribution in [3.05, 3.63) is 35.4 Å². The molecule has 1 atom stereocenters. The molecule has 2 rings (SSSR count). The highest BCUT2D eigenvalue weighted by molar-refractivity contribution is 5.85. The van der Waals surface area contributed by atoms with E-state index in [1.165, 1.54) is 43.2 Å². The zero-order chi connectivity index (χ0) is 20.5. The largest absolute Gasteiger partial charge is 0.352 e. The molecule has 2 amide bonds. The van der Waals surface area contributed by atoms with Gasteiger partial charge < -0.3 is 16.0 Å². The summed E-state index contributed by atoms with van der Waals surface area (Å²) in [6.07, 6.45) is 6.65. The number of rotatable bonds is 9. The number of benzene rings is 1. The van der Waals surface area contributed by atoms with Crippen LogP contribution in [0.1, 0.15) is 82.9 Å². The summed E-state index contributed by atoms with van der Waals surface area (Å²) in [5.41, 5.74) is 2.65. The Bertz CT molecular complexity index is 619. The molecule has 0 heterocycles. The third-order valence-corrected chi connectivity index (χ3v) is 5.42. The van der Waals surface area contributed by atoms with Gasteiger partial charge in [0.15, 0.2) is 0 Å². The van der Waals surface area contributed by atoms with Crippen LogP contribution < -0.4 is 16.0 Å². The lowest BCUT2D eigenvalue weighted by atomic mass is 9.83. The van der Waals surface area contributed by atoms with E-state index in [2.05, 4.69) is 54.1 Å². The number of nitrogens with one attached hydrogen (secondary N) is 3. The lowest BCUT2D eigenvalue weighted by molar-refractivity contribution is -0.126. The van der Waals surface area contributed by atoms with Crippen molar-refractivity contribution < 1.29 is 9.59 Å². The molecular formula is C23H37N3O2. The quantitative estimate of drug-likeness (QED) is 0.606. The fraction of sp³-hybridized carbons (Fsp3) is 0.652. The van der Waals surface area contributed by atoms with E-state index in [1.807, 2.05) is 13.8 Å². The fourth-order valence-corrected chi connectivity index (χ4v) is 3.97. The molecule has 1 aromatic carbocycles. The summed E-state index contributed by atoms with van der Waals surface area (Å²) in [5, 5.41) is 8.79. The first-order chi connectivity index (χ1) is 13.4. The standard InChI is InChI=1S/C23H37N3O2/c1-16(2)23(25-14-21(27)24-15-22(28)26-17(3)4)20-12-10-19(11-13-20)18-8-6-5-7-9-18/h10-13,16-18,23,25H,5-9,14-15H2,1-4H3,(H,24,27)(H,26,28)/t23-/m1/s1. The normalized spacial score (nSPS) is 16.2. The van der Waals surface area contributed by atoms with E-state index in [4.69, 9.17) is 0 Å². The van der Waals surface area contributed by atoms with E-state index in [1.54, 1.807) is 0 Å². The van der Waals surface area contributed by atoms with Crippen molar-refractivity contribution in [1.82, 2.24) is 16.0 Å². The summed E-state index contributed by atoms with van der Waals surface area (Å²) in [7, 11) is 0. The summed E-state index contributed by atoms with van der Waals surface area (Å²) in [6.45, 7) is 8.31. The molecule has 3 N–H and O–H groups in total.